The van der Waals surface area contributed by atoms with Crippen LogP contribution in [0.25, 0.3) is 0 Å². The minimum Gasteiger partial charge on any atom is -0.313 e. The number of halogens is 1. The average molecular weight is 291 g/mol. The fraction of sp³-hybridized carbons (Fsp3) is 0.833. The van der Waals surface area contributed by atoms with Crippen LogP contribution in [0.1, 0.15) is 37.9 Å². The van der Waals surface area contributed by atoms with E-state index in [1.807, 2.05) is 18.8 Å². The Labute approximate surface area is 120 Å². The molecule has 1 aliphatic carbocycles. The fourth-order valence-corrected chi connectivity index (χ4v) is 3.44. The number of thioether (sulfide) groups is 1. The predicted octanol–water partition coefficient (Wildman–Crippen LogP) is 2.63. The summed E-state index contributed by atoms with van der Waals surface area (Å²) in [7, 11) is 3.99. The molecule has 0 aromatic carbocycles. The second-order valence-electron chi connectivity index (χ2n) is 4.80. The zero-order valence-electron chi connectivity index (χ0n) is 11.2. The highest BCUT2D eigenvalue weighted by atomic mass is 35.5. The summed E-state index contributed by atoms with van der Waals surface area (Å²) in [6.07, 6.45) is 7.05. The van der Waals surface area contributed by atoms with E-state index in [2.05, 4.69) is 27.1 Å². The number of hydrogen-bond donors (Lipinski definition) is 1. The lowest BCUT2D eigenvalue weighted by molar-refractivity contribution is 0.390. The smallest absolute Gasteiger partial charge is 0.190 e. The summed E-state index contributed by atoms with van der Waals surface area (Å²) >= 11 is 1.86. The lowest BCUT2D eigenvalue weighted by Gasteiger charge is -2.20. The largest absolute Gasteiger partial charge is 0.313 e. The van der Waals surface area contributed by atoms with Gasteiger partial charge in [-0.2, -0.15) is 0 Å². The van der Waals surface area contributed by atoms with Gasteiger partial charge in [0.25, 0.3) is 0 Å². The van der Waals surface area contributed by atoms with Crippen LogP contribution in [0.2, 0.25) is 0 Å². The standard InChI is InChI=1S/C12H22N4S.ClH/c1-13-8-11-14-15-12(16(11)2)17-9-10-6-4-3-5-7-10;/h10,13H,3-9H2,1-2H3;1H. The molecule has 4 nitrogen and oxygen atoms in total. The molecule has 6 heteroatoms. The normalized spacial score (nSPS) is 16.6. The third-order valence-corrected chi connectivity index (χ3v) is 4.68. The summed E-state index contributed by atoms with van der Waals surface area (Å²) in [6, 6.07) is 0. The van der Waals surface area contributed by atoms with Crippen molar-refractivity contribution in [2.75, 3.05) is 12.8 Å². The van der Waals surface area contributed by atoms with Crippen LogP contribution in [-0.4, -0.2) is 27.6 Å². The summed E-state index contributed by atoms with van der Waals surface area (Å²) in [6.45, 7) is 0.785. The fourth-order valence-electron chi connectivity index (χ4n) is 2.33. The molecule has 0 bridgehead atoms. The van der Waals surface area contributed by atoms with E-state index in [4.69, 9.17) is 0 Å². The van der Waals surface area contributed by atoms with E-state index in [1.54, 1.807) is 0 Å². The van der Waals surface area contributed by atoms with Crippen molar-refractivity contribution < 1.29 is 0 Å². The van der Waals surface area contributed by atoms with E-state index < -0.39 is 0 Å². The minimum absolute atomic E-state index is 0. The van der Waals surface area contributed by atoms with Crippen molar-refractivity contribution in [3.63, 3.8) is 0 Å². The Morgan fingerprint density at radius 1 is 1.28 bits per heavy atom. The molecule has 0 unspecified atom stereocenters. The topological polar surface area (TPSA) is 42.7 Å². The van der Waals surface area contributed by atoms with Gasteiger partial charge in [-0.05, 0) is 25.8 Å². The van der Waals surface area contributed by atoms with Gasteiger partial charge in [-0.15, -0.1) is 22.6 Å². The Morgan fingerprint density at radius 3 is 2.67 bits per heavy atom. The zero-order valence-corrected chi connectivity index (χ0v) is 12.8. The van der Waals surface area contributed by atoms with Crippen LogP contribution in [0.15, 0.2) is 5.16 Å². The molecule has 1 aromatic heterocycles. The van der Waals surface area contributed by atoms with Gasteiger partial charge in [-0.25, -0.2) is 0 Å². The van der Waals surface area contributed by atoms with Crippen molar-refractivity contribution in [1.82, 2.24) is 20.1 Å². The van der Waals surface area contributed by atoms with E-state index in [0.29, 0.717) is 0 Å². The van der Waals surface area contributed by atoms with Crippen LogP contribution in [0.5, 0.6) is 0 Å². The van der Waals surface area contributed by atoms with Crippen molar-refractivity contribution in [1.29, 1.82) is 0 Å². The van der Waals surface area contributed by atoms with Crippen LogP contribution in [0.4, 0.5) is 0 Å². The maximum absolute atomic E-state index is 4.25. The highest BCUT2D eigenvalue weighted by molar-refractivity contribution is 7.99. The van der Waals surface area contributed by atoms with Crippen LogP contribution in [0, 0.1) is 5.92 Å². The van der Waals surface area contributed by atoms with Gasteiger partial charge in [0.1, 0.15) is 5.82 Å². The van der Waals surface area contributed by atoms with Gasteiger partial charge >= 0.3 is 0 Å². The molecule has 1 N–H and O–H groups in total. The summed E-state index contributed by atoms with van der Waals surface area (Å²) in [4.78, 5) is 0. The van der Waals surface area contributed by atoms with E-state index in [-0.39, 0.29) is 12.4 Å². The van der Waals surface area contributed by atoms with Crippen molar-refractivity contribution in [3.8, 4) is 0 Å². The molecule has 1 aromatic rings. The monoisotopic (exact) mass is 290 g/mol. The van der Waals surface area contributed by atoms with Crippen LogP contribution < -0.4 is 5.32 Å². The predicted molar refractivity (Wildman–Crippen MR) is 78.3 cm³/mol. The van der Waals surface area contributed by atoms with E-state index in [1.165, 1.54) is 37.9 Å². The van der Waals surface area contributed by atoms with E-state index >= 15 is 0 Å². The van der Waals surface area contributed by atoms with E-state index in [9.17, 15) is 0 Å². The highest BCUT2D eigenvalue weighted by Crippen LogP contribution is 2.29. The Hall–Kier alpha value is -0.260. The van der Waals surface area contributed by atoms with Crippen molar-refractivity contribution >= 4 is 24.2 Å². The van der Waals surface area contributed by atoms with Crippen LogP contribution in [0.3, 0.4) is 0 Å². The van der Waals surface area contributed by atoms with Crippen LogP contribution in [-0.2, 0) is 13.6 Å². The second-order valence-corrected chi connectivity index (χ2v) is 5.79. The number of rotatable bonds is 5. The zero-order chi connectivity index (χ0) is 12.1. The summed E-state index contributed by atoms with van der Waals surface area (Å²) in [5, 5.41) is 12.6. The van der Waals surface area contributed by atoms with Gasteiger partial charge in [0.05, 0.1) is 6.54 Å². The first-order chi connectivity index (χ1) is 8.31. The molecule has 18 heavy (non-hydrogen) atoms. The third kappa shape index (κ3) is 4.14. The maximum atomic E-state index is 4.25. The number of aromatic nitrogens is 3. The average Bonchev–Trinajstić information content (AvgIpc) is 2.70. The minimum atomic E-state index is 0. The molecule has 0 atom stereocenters. The Morgan fingerprint density at radius 2 is 2.00 bits per heavy atom. The molecule has 1 saturated carbocycles. The summed E-state index contributed by atoms with van der Waals surface area (Å²) < 4.78 is 2.10. The molecule has 104 valence electrons. The maximum Gasteiger partial charge on any atom is 0.190 e. The molecule has 0 spiro atoms. The van der Waals surface area contributed by atoms with Gasteiger partial charge in [0, 0.05) is 12.8 Å². The summed E-state index contributed by atoms with van der Waals surface area (Å²) in [5.74, 6) is 3.10. The van der Waals surface area contributed by atoms with Crippen molar-refractivity contribution in [3.05, 3.63) is 5.82 Å². The first-order valence-electron chi connectivity index (χ1n) is 6.47. The highest BCUT2D eigenvalue weighted by Gasteiger charge is 2.15. The molecule has 1 heterocycles. The van der Waals surface area contributed by atoms with Crippen LogP contribution >= 0.6 is 24.2 Å². The molecule has 1 aliphatic rings. The number of hydrogen-bond acceptors (Lipinski definition) is 4. The lowest BCUT2D eigenvalue weighted by atomic mass is 9.91. The third-order valence-electron chi connectivity index (χ3n) is 3.43. The quantitative estimate of drug-likeness (QED) is 0.847. The Bertz CT molecular complexity index is 350. The van der Waals surface area contributed by atoms with Gasteiger partial charge in [-0.3, -0.25) is 0 Å². The van der Waals surface area contributed by atoms with Gasteiger partial charge < -0.3 is 9.88 Å². The molecule has 2 rings (SSSR count). The molecule has 0 amide bonds. The van der Waals surface area contributed by atoms with Crippen molar-refractivity contribution in [2.45, 2.75) is 43.8 Å². The molecule has 1 fully saturated rings. The first kappa shape index (κ1) is 15.8. The molecule has 0 radical (unpaired) electrons. The summed E-state index contributed by atoms with van der Waals surface area (Å²) in [5.41, 5.74) is 0. The molecule has 0 saturated heterocycles. The number of nitrogens with zero attached hydrogens (tertiary/aromatic N) is 3. The van der Waals surface area contributed by atoms with Gasteiger partial charge in [0.2, 0.25) is 0 Å². The van der Waals surface area contributed by atoms with Gasteiger partial charge in [-0.1, -0.05) is 31.0 Å². The lowest BCUT2D eigenvalue weighted by Crippen LogP contribution is -2.11. The number of nitrogens with one attached hydrogen (secondary N) is 1. The molecular formula is C12H23ClN4S. The Balaban J connectivity index is 0.00000162. The first-order valence-corrected chi connectivity index (χ1v) is 7.45. The SMILES string of the molecule is CNCc1nnc(SCC2CCCCC2)n1C.Cl. The van der Waals surface area contributed by atoms with E-state index in [0.717, 1.165) is 23.4 Å². The molecular weight excluding hydrogens is 268 g/mol. The molecule has 0 aliphatic heterocycles. The second kappa shape index (κ2) is 8.02. The van der Waals surface area contributed by atoms with Gasteiger partial charge in [0.15, 0.2) is 5.16 Å². The van der Waals surface area contributed by atoms with Crippen molar-refractivity contribution in [2.24, 2.45) is 13.0 Å². The Kier molecular flexibility index (Phi) is 7.04.